The van der Waals surface area contributed by atoms with Crippen LogP contribution in [0.5, 0.6) is 0 Å². The normalized spacial score (nSPS) is 17.3. The largest absolute Gasteiger partial charge is 0.416 e. The molecule has 0 saturated heterocycles. The molecule has 0 saturated carbocycles. The Morgan fingerprint density at radius 3 is 2.54 bits per heavy atom. The van der Waals surface area contributed by atoms with Crippen molar-refractivity contribution in [1.29, 1.82) is 0 Å². The SMILES string of the molecule is NC1=N[C@@H](c2ccccc2C(F)(F)F)n2c(nc3ccccc32)N1. The first-order valence-corrected chi connectivity index (χ1v) is 7.18. The number of hydrogen-bond donors (Lipinski definition) is 2. The monoisotopic (exact) mass is 331 g/mol. The molecular formula is C16H12F3N5. The molecule has 3 N–H and O–H groups in total. The summed E-state index contributed by atoms with van der Waals surface area (Å²) < 4.78 is 41.8. The van der Waals surface area contributed by atoms with Gasteiger partial charge in [0.25, 0.3) is 0 Å². The summed E-state index contributed by atoms with van der Waals surface area (Å²) >= 11 is 0. The molecule has 3 aromatic rings. The van der Waals surface area contributed by atoms with Crippen molar-refractivity contribution in [3.05, 3.63) is 59.7 Å². The first-order valence-electron chi connectivity index (χ1n) is 7.18. The van der Waals surface area contributed by atoms with Crippen LogP contribution in [0.2, 0.25) is 0 Å². The lowest BCUT2D eigenvalue weighted by Gasteiger charge is -2.26. The first-order chi connectivity index (χ1) is 11.4. The molecule has 0 unspecified atom stereocenters. The van der Waals surface area contributed by atoms with Gasteiger partial charge in [-0.1, -0.05) is 30.3 Å². The van der Waals surface area contributed by atoms with Gasteiger partial charge in [-0.05, 0) is 18.2 Å². The summed E-state index contributed by atoms with van der Waals surface area (Å²) in [6, 6.07) is 12.5. The van der Waals surface area contributed by atoms with Gasteiger partial charge in [0.05, 0.1) is 16.6 Å². The van der Waals surface area contributed by atoms with Gasteiger partial charge in [-0.3, -0.25) is 9.88 Å². The Morgan fingerprint density at radius 2 is 1.75 bits per heavy atom. The van der Waals surface area contributed by atoms with Gasteiger partial charge in [-0.25, -0.2) is 9.98 Å². The summed E-state index contributed by atoms with van der Waals surface area (Å²) in [6.45, 7) is 0. The summed E-state index contributed by atoms with van der Waals surface area (Å²) in [5.74, 6) is 0.394. The molecule has 5 nitrogen and oxygen atoms in total. The molecule has 0 fully saturated rings. The third-order valence-electron chi connectivity index (χ3n) is 3.89. The highest BCUT2D eigenvalue weighted by atomic mass is 19.4. The summed E-state index contributed by atoms with van der Waals surface area (Å²) in [4.78, 5) is 8.58. The van der Waals surface area contributed by atoms with Crippen molar-refractivity contribution in [2.75, 3.05) is 5.32 Å². The third kappa shape index (κ3) is 2.18. The van der Waals surface area contributed by atoms with Crippen LogP contribution in [0.3, 0.4) is 0 Å². The number of alkyl halides is 3. The van der Waals surface area contributed by atoms with E-state index in [-0.39, 0.29) is 11.5 Å². The van der Waals surface area contributed by atoms with Gasteiger partial charge in [0.15, 0.2) is 12.1 Å². The lowest BCUT2D eigenvalue weighted by atomic mass is 10.0. The third-order valence-corrected chi connectivity index (χ3v) is 3.89. The Morgan fingerprint density at radius 1 is 1.04 bits per heavy atom. The van der Waals surface area contributed by atoms with Crippen LogP contribution in [-0.2, 0) is 6.18 Å². The van der Waals surface area contributed by atoms with Crippen molar-refractivity contribution in [3.63, 3.8) is 0 Å². The maximum Gasteiger partial charge on any atom is 0.416 e. The molecule has 0 spiro atoms. The van der Waals surface area contributed by atoms with Gasteiger partial charge in [-0.15, -0.1) is 0 Å². The van der Waals surface area contributed by atoms with Crippen LogP contribution in [0, 0.1) is 0 Å². The van der Waals surface area contributed by atoms with Crippen molar-refractivity contribution in [2.24, 2.45) is 10.7 Å². The Kier molecular flexibility index (Phi) is 3.02. The minimum atomic E-state index is -4.48. The van der Waals surface area contributed by atoms with Gasteiger partial charge < -0.3 is 5.73 Å². The number of nitrogens with two attached hydrogens (primary N) is 1. The maximum absolute atomic E-state index is 13.4. The molecule has 8 heteroatoms. The van der Waals surface area contributed by atoms with E-state index in [4.69, 9.17) is 5.73 Å². The van der Waals surface area contributed by atoms with E-state index in [1.165, 1.54) is 12.1 Å². The van der Waals surface area contributed by atoms with Gasteiger partial charge in [-0.2, -0.15) is 13.2 Å². The Labute approximate surface area is 134 Å². The molecule has 1 aliphatic rings. The second-order valence-corrected chi connectivity index (χ2v) is 5.39. The van der Waals surface area contributed by atoms with Crippen LogP contribution in [0.1, 0.15) is 17.3 Å². The number of aromatic nitrogens is 2. The van der Waals surface area contributed by atoms with Crippen LogP contribution >= 0.6 is 0 Å². The number of guanidine groups is 1. The van der Waals surface area contributed by atoms with E-state index in [1.807, 2.05) is 6.07 Å². The van der Waals surface area contributed by atoms with Gasteiger partial charge >= 0.3 is 6.18 Å². The van der Waals surface area contributed by atoms with E-state index in [1.54, 1.807) is 28.8 Å². The fraction of sp³-hybridized carbons (Fsp3) is 0.125. The molecule has 1 aliphatic heterocycles. The standard InChI is InChI=1S/C16H12F3N5/c17-16(18,19)10-6-2-1-5-9(10)13-22-14(20)23-15-21-11-7-3-4-8-12(11)24(13)15/h1-8,13H,(H3,20,21,22,23)/t13-/m1/s1. The van der Waals surface area contributed by atoms with Crippen molar-refractivity contribution in [1.82, 2.24) is 9.55 Å². The second-order valence-electron chi connectivity index (χ2n) is 5.39. The number of imidazole rings is 1. The average Bonchev–Trinajstić information content (AvgIpc) is 2.91. The highest BCUT2D eigenvalue weighted by molar-refractivity contribution is 5.94. The van der Waals surface area contributed by atoms with E-state index >= 15 is 0 Å². The van der Waals surface area contributed by atoms with Crippen molar-refractivity contribution >= 4 is 22.9 Å². The van der Waals surface area contributed by atoms with Gasteiger partial charge in [0.2, 0.25) is 5.95 Å². The number of para-hydroxylation sites is 2. The lowest BCUT2D eigenvalue weighted by Crippen LogP contribution is -2.32. The Balaban J connectivity index is 1.99. The summed E-state index contributed by atoms with van der Waals surface area (Å²) in [6.07, 6.45) is -5.42. The number of rotatable bonds is 1. The zero-order chi connectivity index (χ0) is 16.9. The quantitative estimate of drug-likeness (QED) is 0.718. The first kappa shape index (κ1) is 14.6. The number of halogens is 3. The van der Waals surface area contributed by atoms with E-state index < -0.39 is 17.9 Å². The molecule has 2 aromatic carbocycles. The lowest BCUT2D eigenvalue weighted by molar-refractivity contribution is -0.138. The number of hydrogen-bond acceptors (Lipinski definition) is 4. The molecule has 1 atom stereocenters. The molecular weight excluding hydrogens is 319 g/mol. The van der Waals surface area contributed by atoms with Gasteiger partial charge in [0.1, 0.15) is 0 Å². The minimum absolute atomic E-state index is 0.0267. The second kappa shape index (κ2) is 4.98. The van der Waals surface area contributed by atoms with Crippen LogP contribution in [0.4, 0.5) is 19.1 Å². The predicted octanol–water partition coefficient (Wildman–Crippen LogP) is 3.34. The molecule has 0 radical (unpaired) electrons. The fourth-order valence-corrected chi connectivity index (χ4v) is 2.91. The summed E-state index contributed by atoms with van der Waals surface area (Å²) in [5.41, 5.74) is 6.38. The molecule has 0 amide bonds. The number of nitrogens with zero attached hydrogens (tertiary/aromatic N) is 3. The summed E-state index contributed by atoms with van der Waals surface area (Å²) in [5, 5.41) is 2.81. The van der Waals surface area contributed by atoms with Crippen LogP contribution in [0.25, 0.3) is 11.0 Å². The smallest absolute Gasteiger partial charge is 0.370 e. The van der Waals surface area contributed by atoms with Gasteiger partial charge in [0, 0.05) is 5.56 Å². The molecule has 1 aromatic heterocycles. The zero-order valence-electron chi connectivity index (χ0n) is 12.2. The van der Waals surface area contributed by atoms with Crippen LogP contribution in [-0.4, -0.2) is 15.5 Å². The Bertz CT molecular complexity index is 958. The molecule has 0 bridgehead atoms. The number of anilines is 1. The molecule has 122 valence electrons. The summed E-state index contributed by atoms with van der Waals surface area (Å²) in [7, 11) is 0. The van der Waals surface area contributed by atoms with E-state index in [0.29, 0.717) is 17.0 Å². The zero-order valence-corrected chi connectivity index (χ0v) is 12.2. The molecule has 0 aliphatic carbocycles. The number of nitrogens with one attached hydrogen (secondary N) is 1. The average molecular weight is 331 g/mol. The van der Waals surface area contributed by atoms with Crippen LogP contribution < -0.4 is 11.1 Å². The van der Waals surface area contributed by atoms with E-state index in [0.717, 1.165) is 6.07 Å². The predicted molar refractivity (Wildman–Crippen MR) is 84.6 cm³/mol. The highest BCUT2D eigenvalue weighted by Crippen LogP contribution is 2.39. The Hall–Kier alpha value is -3.03. The number of benzene rings is 2. The number of fused-ring (bicyclic) bond motifs is 3. The van der Waals surface area contributed by atoms with E-state index in [2.05, 4.69) is 15.3 Å². The van der Waals surface area contributed by atoms with E-state index in [9.17, 15) is 13.2 Å². The minimum Gasteiger partial charge on any atom is -0.370 e. The molecule has 2 heterocycles. The highest BCUT2D eigenvalue weighted by Gasteiger charge is 2.37. The number of aliphatic imine (C=N–C) groups is 1. The molecule has 24 heavy (non-hydrogen) atoms. The van der Waals surface area contributed by atoms with Crippen molar-refractivity contribution < 1.29 is 13.2 Å². The fourth-order valence-electron chi connectivity index (χ4n) is 2.91. The molecule has 4 rings (SSSR count). The topological polar surface area (TPSA) is 68.2 Å². The maximum atomic E-state index is 13.4. The van der Waals surface area contributed by atoms with Crippen molar-refractivity contribution in [3.8, 4) is 0 Å². The van der Waals surface area contributed by atoms with Crippen molar-refractivity contribution in [2.45, 2.75) is 12.3 Å². The van der Waals surface area contributed by atoms with Crippen LogP contribution in [0.15, 0.2) is 53.5 Å².